The van der Waals surface area contributed by atoms with E-state index in [0.29, 0.717) is 0 Å². The van der Waals surface area contributed by atoms with Crippen molar-refractivity contribution < 1.29 is 4.55 Å². The summed E-state index contributed by atoms with van der Waals surface area (Å²) in [5, 5.41) is 0. The van der Waals surface area contributed by atoms with Gasteiger partial charge in [0.05, 0.1) is 0 Å². The van der Waals surface area contributed by atoms with E-state index in [2.05, 4.69) is 25.1 Å². The van der Waals surface area contributed by atoms with Gasteiger partial charge >= 0.3 is 0 Å². The van der Waals surface area contributed by atoms with Crippen molar-refractivity contribution in [2.24, 2.45) is 0 Å². The van der Waals surface area contributed by atoms with Gasteiger partial charge in [0.1, 0.15) is 0 Å². The van der Waals surface area contributed by atoms with Gasteiger partial charge in [-0.15, -0.1) is 0 Å². The van der Waals surface area contributed by atoms with Crippen molar-refractivity contribution in [3.63, 3.8) is 0 Å². The number of hydrogen-bond donors (Lipinski definition) is 0. The van der Waals surface area contributed by atoms with Crippen LogP contribution in [0.4, 0.5) is 0 Å². The predicted molar refractivity (Wildman–Crippen MR) is 69.8 cm³/mol. The van der Waals surface area contributed by atoms with Crippen LogP contribution >= 0.6 is 0 Å². The molecule has 1 aliphatic heterocycles. The third-order valence-electron chi connectivity index (χ3n) is 3.42. The van der Waals surface area contributed by atoms with Gasteiger partial charge in [-0.2, -0.15) is 0 Å². The summed E-state index contributed by atoms with van der Waals surface area (Å²) in [5.74, 6) is 0. The molecule has 0 saturated carbocycles. The van der Waals surface area contributed by atoms with Gasteiger partial charge in [0, 0.05) is 34.3 Å². The Kier molecular flexibility index (Phi) is 2.49. The molecule has 1 unspecified atom stereocenters. The second-order valence-corrected chi connectivity index (χ2v) is 5.95. The Morgan fingerprint density at radius 1 is 1.00 bits per heavy atom. The number of aryl methyl sites for hydroxylation is 2. The second kappa shape index (κ2) is 3.90. The lowest BCUT2D eigenvalue weighted by molar-refractivity contribution is 0.589. The summed E-state index contributed by atoms with van der Waals surface area (Å²) >= 11 is -1.01. The van der Waals surface area contributed by atoms with Gasteiger partial charge in [-0.05, 0) is 25.5 Å². The highest BCUT2D eigenvalue weighted by Crippen LogP contribution is 2.37. The number of fused-ring (bicyclic) bond motifs is 2. The first kappa shape index (κ1) is 10.9. The van der Waals surface area contributed by atoms with Crippen LogP contribution in [0.3, 0.4) is 0 Å². The molecule has 0 aromatic heterocycles. The van der Waals surface area contributed by atoms with E-state index in [-0.39, 0.29) is 0 Å². The Labute approximate surface area is 105 Å². The average Bonchev–Trinajstić information content (AvgIpc) is 2.34. The van der Waals surface area contributed by atoms with Crippen LogP contribution < -0.4 is 0 Å². The predicted octanol–water partition coefficient (Wildman–Crippen LogP) is 3.37. The average molecular weight is 242 g/mol. The largest absolute Gasteiger partial charge is 0.606 e. The van der Waals surface area contributed by atoms with Crippen molar-refractivity contribution in [2.45, 2.75) is 30.1 Å². The van der Waals surface area contributed by atoms with Gasteiger partial charge in [-0.25, -0.2) is 0 Å². The van der Waals surface area contributed by atoms with Crippen molar-refractivity contribution >= 4 is 11.2 Å². The lowest BCUT2D eigenvalue weighted by Gasteiger charge is -2.24. The van der Waals surface area contributed by atoms with Crippen molar-refractivity contribution in [1.82, 2.24) is 0 Å². The lowest BCUT2D eigenvalue weighted by atomic mass is 9.98. The van der Waals surface area contributed by atoms with E-state index in [0.717, 1.165) is 21.8 Å². The van der Waals surface area contributed by atoms with Crippen LogP contribution in [0.25, 0.3) is 0 Å². The summed E-state index contributed by atoms with van der Waals surface area (Å²) < 4.78 is 12.6. The molecule has 3 rings (SSSR count). The molecule has 17 heavy (non-hydrogen) atoms. The van der Waals surface area contributed by atoms with Crippen LogP contribution in [0.15, 0.2) is 46.2 Å². The monoisotopic (exact) mass is 242 g/mol. The van der Waals surface area contributed by atoms with Crippen molar-refractivity contribution in [1.29, 1.82) is 0 Å². The van der Waals surface area contributed by atoms with Crippen molar-refractivity contribution in [2.75, 3.05) is 0 Å². The molecule has 2 aromatic rings. The van der Waals surface area contributed by atoms with Gasteiger partial charge in [0.15, 0.2) is 9.79 Å². The Hall–Kier alpha value is -1.25. The zero-order chi connectivity index (χ0) is 12.0. The molecule has 86 valence electrons. The minimum atomic E-state index is -1.01. The van der Waals surface area contributed by atoms with Gasteiger partial charge in [-0.1, -0.05) is 30.3 Å². The van der Waals surface area contributed by atoms with Crippen LogP contribution in [0.2, 0.25) is 0 Å². The molecule has 1 heterocycles. The molecular weight excluding hydrogens is 228 g/mol. The molecule has 0 radical (unpaired) electrons. The van der Waals surface area contributed by atoms with Crippen molar-refractivity contribution in [3.05, 3.63) is 58.7 Å². The summed E-state index contributed by atoms with van der Waals surface area (Å²) in [6.45, 7) is 4.15. The van der Waals surface area contributed by atoms with Crippen LogP contribution in [0, 0.1) is 13.8 Å². The highest BCUT2D eigenvalue weighted by Gasteiger charge is 2.30. The van der Waals surface area contributed by atoms with E-state index in [1.165, 1.54) is 16.7 Å². The minimum absolute atomic E-state index is 0.907. The zero-order valence-electron chi connectivity index (χ0n) is 9.99. The standard InChI is InChI=1S/C15H14OS/c1-10-7-8-11(2)15-13(10)9-12-5-3-4-6-14(12)17(15)16/h3-8H,9H2,1-2H3. The first-order valence-corrected chi connectivity index (χ1v) is 6.92. The molecule has 0 aliphatic carbocycles. The van der Waals surface area contributed by atoms with Crippen molar-refractivity contribution in [3.8, 4) is 0 Å². The molecule has 0 spiro atoms. The quantitative estimate of drug-likeness (QED) is 0.649. The number of hydrogen-bond acceptors (Lipinski definition) is 1. The summed E-state index contributed by atoms with van der Waals surface area (Å²) in [7, 11) is 0. The first-order valence-electron chi connectivity index (χ1n) is 5.77. The summed E-state index contributed by atoms with van der Waals surface area (Å²) in [6.07, 6.45) is 0.907. The first-order chi connectivity index (χ1) is 8.18. The number of benzene rings is 2. The van der Waals surface area contributed by atoms with Gasteiger partial charge in [0.2, 0.25) is 0 Å². The Morgan fingerprint density at radius 3 is 2.53 bits per heavy atom. The molecule has 2 heteroatoms. The Balaban J connectivity index is 2.26. The molecule has 0 fully saturated rings. The SMILES string of the molecule is Cc1ccc(C)c2c1Cc1ccccc1[S+]2[O-]. The fraction of sp³-hybridized carbons (Fsp3) is 0.200. The maximum atomic E-state index is 12.6. The molecule has 1 aliphatic rings. The molecule has 0 N–H and O–H groups in total. The third kappa shape index (κ3) is 1.60. The molecular formula is C15H14OS. The minimum Gasteiger partial charge on any atom is -0.606 e. The maximum absolute atomic E-state index is 12.6. The fourth-order valence-corrected chi connectivity index (χ4v) is 4.07. The summed E-state index contributed by atoms with van der Waals surface area (Å²) in [5.41, 5.74) is 4.83. The van der Waals surface area contributed by atoms with E-state index in [1.54, 1.807) is 0 Å². The smallest absolute Gasteiger partial charge is 0.165 e. The zero-order valence-corrected chi connectivity index (χ0v) is 10.8. The molecule has 0 bridgehead atoms. The summed E-state index contributed by atoms with van der Waals surface area (Å²) in [4.78, 5) is 2.01. The topological polar surface area (TPSA) is 23.1 Å². The van der Waals surface area contributed by atoms with E-state index in [9.17, 15) is 4.55 Å². The molecule has 1 atom stereocenters. The molecule has 0 saturated heterocycles. The van der Waals surface area contributed by atoms with E-state index >= 15 is 0 Å². The van der Waals surface area contributed by atoms with Crippen LogP contribution in [0.5, 0.6) is 0 Å². The van der Waals surface area contributed by atoms with Crippen LogP contribution in [-0.4, -0.2) is 4.55 Å². The normalized spacial score (nSPS) is 17.5. The van der Waals surface area contributed by atoms with Crippen LogP contribution in [-0.2, 0) is 17.6 Å². The van der Waals surface area contributed by atoms with E-state index in [1.807, 2.05) is 25.1 Å². The highest BCUT2D eigenvalue weighted by molar-refractivity contribution is 7.91. The number of rotatable bonds is 0. The summed E-state index contributed by atoms with van der Waals surface area (Å²) in [6, 6.07) is 12.2. The molecule has 1 nitrogen and oxygen atoms in total. The maximum Gasteiger partial charge on any atom is 0.165 e. The Morgan fingerprint density at radius 2 is 1.71 bits per heavy atom. The fourth-order valence-electron chi connectivity index (χ4n) is 2.45. The van der Waals surface area contributed by atoms with Gasteiger partial charge < -0.3 is 4.55 Å². The van der Waals surface area contributed by atoms with Crippen LogP contribution in [0.1, 0.15) is 22.3 Å². The lowest BCUT2D eigenvalue weighted by Crippen LogP contribution is -2.17. The molecule has 2 aromatic carbocycles. The Bertz CT molecular complexity index is 589. The van der Waals surface area contributed by atoms with Gasteiger partial charge in [0.25, 0.3) is 0 Å². The van der Waals surface area contributed by atoms with Gasteiger partial charge in [-0.3, -0.25) is 0 Å². The second-order valence-electron chi connectivity index (χ2n) is 4.56. The van der Waals surface area contributed by atoms with E-state index in [4.69, 9.17) is 0 Å². The highest BCUT2D eigenvalue weighted by atomic mass is 32.2. The van der Waals surface area contributed by atoms with E-state index < -0.39 is 11.2 Å². The third-order valence-corrected chi connectivity index (χ3v) is 5.15. The molecule has 0 amide bonds.